The highest BCUT2D eigenvalue weighted by molar-refractivity contribution is 6.30. The molecular weight excluding hydrogens is 250 g/mol. The molecule has 0 aromatic heterocycles. The standard InChI is InChI=1S/C14H18ClNO2/c1-3-14(10-4-5-10,13(17)18-2)16-12-8-6-11(15)7-9-12/h6-10,16H,3-5H2,1-2H3. The lowest BCUT2D eigenvalue weighted by Crippen LogP contribution is -2.48. The van der Waals surface area contributed by atoms with Gasteiger partial charge in [-0.1, -0.05) is 18.5 Å². The number of rotatable bonds is 5. The highest BCUT2D eigenvalue weighted by Crippen LogP contribution is 2.44. The van der Waals surface area contributed by atoms with E-state index in [1.807, 2.05) is 31.2 Å². The topological polar surface area (TPSA) is 38.3 Å². The van der Waals surface area contributed by atoms with E-state index < -0.39 is 5.54 Å². The van der Waals surface area contributed by atoms with Gasteiger partial charge in [-0.25, -0.2) is 4.79 Å². The predicted octanol–water partition coefficient (Wildman–Crippen LogP) is 3.48. The van der Waals surface area contributed by atoms with Crippen LogP contribution in [0.25, 0.3) is 0 Å². The highest BCUT2D eigenvalue weighted by Gasteiger charge is 2.50. The van der Waals surface area contributed by atoms with Gasteiger partial charge in [0.05, 0.1) is 7.11 Å². The molecule has 0 saturated heterocycles. The molecule has 2 rings (SSSR count). The minimum absolute atomic E-state index is 0.178. The SMILES string of the molecule is CCC(Nc1ccc(Cl)cc1)(C(=O)OC)C1CC1. The number of hydrogen-bond acceptors (Lipinski definition) is 3. The smallest absolute Gasteiger partial charge is 0.331 e. The normalized spacial score (nSPS) is 17.9. The second-order valence-electron chi connectivity index (χ2n) is 4.72. The first-order valence-electron chi connectivity index (χ1n) is 6.24. The molecule has 1 saturated carbocycles. The molecule has 1 aromatic carbocycles. The number of halogens is 1. The molecule has 3 nitrogen and oxygen atoms in total. The molecule has 1 N–H and O–H groups in total. The number of carbonyl (C=O) groups is 1. The van der Waals surface area contributed by atoms with Crippen LogP contribution in [0.2, 0.25) is 5.02 Å². The lowest BCUT2D eigenvalue weighted by Gasteiger charge is -2.32. The van der Waals surface area contributed by atoms with Gasteiger partial charge in [0.2, 0.25) is 0 Å². The third-order valence-electron chi connectivity index (χ3n) is 3.59. The second kappa shape index (κ2) is 5.19. The summed E-state index contributed by atoms with van der Waals surface area (Å²) in [7, 11) is 1.44. The molecule has 1 unspecified atom stereocenters. The summed E-state index contributed by atoms with van der Waals surface area (Å²) in [6.45, 7) is 2.01. The Labute approximate surface area is 112 Å². The quantitative estimate of drug-likeness (QED) is 0.830. The summed E-state index contributed by atoms with van der Waals surface area (Å²) in [5, 5.41) is 4.04. The Morgan fingerprint density at radius 1 is 1.44 bits per heavy atom. The lowest BCUT2D eigenvalue weighted by molar-refractivity contribution is -0.147. The van der Waals surface area contributed by atoms with Crippen molar-refractivity contribution in [3.63, 3.8) is 0 Å². The Balaban J connectivity index is 2.24. The average Bonchev–Trinajstić information content (AvgIpc) is 3.22. The molecule has 1 fully saturated rings. The number of esters is 1. The maximum Gasteiger partial charge on any atom is 0.331 e. The molecule has 1 aromatic rings. The number of anilines is 1. The van der Waals surface area contributed by atoms with Crippen molar-refractivity contribution in [3.05, 3.63) is 29.3 Å². The molecule has 0 heterocycles. The third-order valence-corrected chi connectivity index (χ3v) is 3.85. The molecule has 0 bridgehead atoms. The van der Waals surface area contributed by atoms with E-state index in [1.54, 1.807) is 0 Å². The van der Waals surface area contributed by atoms with Crippen molar-refractivity contribution in [3.8, 4) is 0 Å². The van der Waals surface area contributed by atoms with Gasteiger partial charge in [0.1, 0.15) is 5.54 Å². The van der Waals surface area contributed by atoms with E-state index in [1.165, 1.54) is 7.11 Å². The lowest BCUT2D eigenvalue weighted by atomic mass is 9.89. The third kappa shape index (κ3) is 2.46. The van der Waals surface area contributed by atoms with E-state index in [0.717, 1.165) is 18.5 Å². The Bertz CT molecular complexity index is 428. The van der Waals surface area contributed by atoms with Crippen molar-refractivity contribution in [2.45, 2.75) is 31.7 Å². The van der Waals surface area contributed by atoms with E-state index in [0.29, 0.717) is 17.4 Å². The van der Waals surface area contributed by atoms with E-state index in [2.05, 4.69) is 5.32 Å². The number of nitrogens with one attached hydrogen (secondary N) is 1. The summed E-state index contributed by atoms with van der Waals surface area (Å²) >= 11 is 5.86. The van der Waals surface area contributed by atoms with Crippen molar-refractivity contribution in [2.24, 2.45) is 5.92 Å². The van der Waals surface area contributed by atoms with Gasteiger partial charge < -0.3 is 10.1 Å². The molecular formula is C14H18ClNO2. The zero-order valence-electron chi connectivity index (χ0n) is 10.7. The minimum atomic E-state index is -0.595. The van der Waals surface area contributed by atoms with Crippen molar-refractivity contribution in [1.29, 1.82) is 0 Å². The van der Waals surface area contributed by atoms with E-state index in [9.17, 15) is 4.79 Å². The molecule has 98 valence electrons. The van der Waals surface area contributed by atoms with Gasteiger partial charge in [-0.3, -0.25) is 0 Å². The number of benzene rings is 1. The van der Waals surface area contributed by atoms with E-state index >= 15 is 0 Å². The minimum Gasteiger partial charge on any atom is -0.467 e. The molecule has 18 heavy (non-hydrogen) atoms. The zero-order valence-corrected chi connectivity index (χ0v) is 11.5. The maximum absolute atomic E-state index is 12.1. The molecule has 0 radical (unpaired) electrons. The van der Waals surface area contributed by atoms with Crippen LogP contribution in [0.15, 0.2) is 24.3 Å². The van der Waals surface area contributed by atoms with Crippen LogP contribution >= 0.6 is 11.6 Å². The highest BCUT2D eigenvalue weighted by atomic mass is 35.5. The number of hydrogen-bond donors (Lipinski definition) is 1. The fourth-order valence-corrected chi connectivity index (χ4v) is 2.52. The first-order chi connectivity index (χ1) is 8.62. The van der Waals surface area contributed by atoms with Crippen LogP contribution in [-0.4, -0.2) is 18.6 Å². The molecule has 1 atom stereocenters. The van der Waals surface area contributed by atoms with Crippen LogP contribution in [0.5, 0.6) is 0 Å². The Morgan fingerprint density at radius 3 is 2.50 bits per heavy atom. The Morgan fingerprint density at radius 2 is 2.06 bits per heavy atom. The van der Waals surface area contributed by atoms with Crippen molar-refractivity contribution in [1.82, 2.24) is 0 Å². The van der Waals surface area contributed by atoms with Gasteiger partial charge in [-0.2, -0.15) is 0 Å². The summed E-state index contributed by atoms with van der Waals surface area (Å²) < 4.78 is 4.98. The monoisotopic (exact) mass is 267 g/mol. The van der Waals surface area contributed by atoms with Gasteiger partial charge in [0.15, 0.2) is 0 Å². The zero-order chi connectivity index (χ0) is 13.2. The molecule has 1 aliphatic carbocycles. The van der Waals surface area contributed by atoms with Crippen LogP contribution in [0.1, 0.15) is 26.2 Å². The van der Waals surface area contributed by atoms with Crippen molar-refractivity contribution < 1.29 is 9.53 Å². The Hall–Kier alpha value is -1.22. The van der Waals surface area contributed by atoms with Gasteiger partial charge >= 0.3 is 5.97 Å². The first kappa shape index (κ1) is 13.2. The van der Waals surface area contributed by atoms with Crippen molar-refractivity contribution in [2.75, 3.05) is 12.4 Å². The fraction of sp³-hybridized carbons (Fsp3) is 0.500. The van der Waals surface area contributed by atoms with Crippen LogP contribution in [0.4, 0.5) is 5.69 Å². The molecule has 1 aliphatic rings. The van der Waals surface area contributed by atoms with Crippen molar-refractivity contribution >= 4 is 23.3 Å². The van der Waals surface area contributed by atoms with Gasteiger partial charge in [-0.15, -0.1) is 0 Å². The molecule has 4 heteroatoms. The van der Waals surface area contributed by atoms with Crippen LogP contribution in [0.3, 0.4) is 0 Å². The summed E-state index contributed by atoms with van der Waals surface area (Å²) in [6.07, 6.45) is 2.86. The number of carbonyl (C=O) groups excluding carboxylic acids is 1. The molecule has 0 amide bonds. The van der Waals surface area contributed by atoms with Gasteiger partial charge in [0, 0.05) is 10.7 Å². The van der Waals surface area contributed by atoms with Gasteiger partial charge in [-0.05, 0) is 49.4 Å². The second-order valence-corrected chi connectivity index (χ2v) is 5.16. The van der Waals surface area contributed by atoms with E-state index in [-0.39, 0.29) is 5.97 Å². The summed E-state index contributed by atoms with van der Waals surface area (Å²) in [4.78, 5) is 12.1. The summed E-state index contributed by atoms with van der Waals surface area (Å²) in [5.41, 5.74) is 0.307. The fourth-order valence-electron chi connectivity index (χ4n) is 2.39. The van der Waals surface area contributed by atoms with Crippen LogP contribution in [0, 0.1) is 5.92 Å². The maximum atomic E-state index is 12.1. The summed E-state index contributed by atoms with van der Waals surface area (Å²) in [5.74, 6) is 0.188. The number of ether oxygens (including phenoxy) is 1. The molecule has 0 aliphatic heterocycles. The predicted molar refractivity (Wildman–Crippen MR) is 72.8 cm³/mol. The Kier molecular flexibility index (Phi) is 3.81. The average molecular weight is 268 g/mol. The van der Waals surface area contributed by atoms with Gasteiger partial charge in [0.25, 0.3) is 0 Å². The van der Waals surface area contributed by atoms with E-state index in [4.69, 9.17) is 16.3 Å². The number of methoxy groups -OCH3 is 1. The van der Waals surface area contributed by atoms with Crippen LogP contribution in [-0.2, 0) is 9.53 Å². The first-order valence-corrected chi connectivity index (χ1v) is 6.62. The molecule has 0 spiro atoms. The largest absolute Gasteiger partial charge is 0.467 e. The van der Waals surface area contributed by atoms with Crippen LogP contribution < -0.4 is 5.32 Å². The summed E-state index contributed by atoms with van der Waals surface area (Å²) in [6, 6.07) is 7.40.